The Labute approximate surface area is 67.1 Å². The van der Waals surface area contributed by atoms with E-state index < -0.39 is 0 Å². The summed E-state index contributed by atoms with van der Waals surface area (Å²) in [7, 11) is 0. The van der Waals surface area contributed by atoms with E-state index in [0.717, 1.165) is 11.8 Å². The highest BCUT2D eigenvalue weighted by molar-refractivity contribution is 4.99. The van der Waals surface area contributed by atoms with E-state index in [1.54, 1.807) is 0 Å². The van der Waals surface area contributed by atoms with E-state index in [4.69, 9.17) is 10.5 Å². The zero-order valence-electron chi connectivity index (χ0n) is 6.70. The van der Waals surface area contributed by atoms with E-state index in [0.29, 0.717) is 18.2 Å². The molecular formula is C9H15NO. The van der Waals surface area contributed by atoms with Crippen LogP contribution in [0.15, 0.2) is 0 Å². The summed E-state index contributed by atoms with van der Waals surface area (Å²) in [6.45, 7) is 0. The molecule has 0 unspecified atom stereocenters. The molecule has 4 fully saturated rings. The van der Waals surface area contributed by atoms with Crippen molar-refractivity contribution in [1.29, 1.82) is 0 Å². The third-order valence-electron chi connectivity index (χ3n) is 3.74. The first kappa shape index (κ1) is 6.44. The zero-order chi connectivity index (χ0) is 7.42. The van der Waals surface area contributed by atoms with E-state index in [1.165, 1.54) is 25.7 Å². The summed E-state index contributed by atoms with van der Waals surface area (Å²) in [5, 5.41) is 0. The maximum atomic E-state index is 6.11. The Morgan fingerprint density at radius 3 is 1.82 bits per heavy atom. The number of ether oxygens (including phenoxy) is 1. The molecule has 0 amide bonds. The van der Waals surface area contributed by atoms with Crippen LogP contribution in [0.25, 0.3) is 0 Å². The Kier molecular flexibility index (Phi) is 1.16. The van der Waals surface area contributed by atoms with Gasteiger partial charge in [-0.25, -0.2) is 0 Å². The molecule has 2 heteroatoms. The quantitative estimate of drug-likeness (QED) is 0.561. The maximum Gasteiger partial charge on any atom is 0.0585 e. The Bertz CT molecular complexity index is 152. The zero-order valence-corrected chi connectivity index (χ0v) is 6.70. The predicted molar refractivity (Wildman–Crippen MR) is 42.1 cm³/mol. The fourth-order valence-corrected chi connectivity index (χ4v) is 3.24. The molecule has 11 heavy (non-hydrogen) atoms. The molecule has 0 aromatic rings. The first-order valence-electron chi connectivity index (χ1n) is 4.74. The van der Waals surface area contributed by atoms with Crippen LogP contribution >= 0.6 is 0 Å². The van der Waals surface area contributed by atoms with E-state index in [-0.39, 0.29) is 0 Å². The van der Waals surface area contributed by atoms with Crippen LogP contribution in [0.1, 0.15) is 25.7 Å². The Balaban J connectivity index is 1.91. The van der Waals surface area contributed by atoms with Crippen molar-refractivity contribution in [2.24, 2.45) is 17.6 Å². The minimum absolute atomic E-state index is 0.506. The van der Waals surface area contributed by atoms with Crippen molar-refractivity contribution in [3.05, 3.63) is 0 Å². The molecule has 62 valence electrons. The molecule has 0 aromatic carbocycles. The van der Waals surface area contributed by atoms with Gasteiger partial charge in [-0.3, -0.25) is 0 Å². The minimum Gasteiger partial charge on any atom is -0.375 e. The average molecular weight is 153 g/mol. The van der Waals surface area contributed by atoms with E-state index >= 15 is 0 Å². The molecule has 0 atom stereocenters. The molecule has 2 saturated heterocycles. The second kappa shape index (κ2) is 1.99. The van der Waals surface area contributed by atoms with Crippen molar-refractivity contribution in [2.45, 2.75) is 43.9 Å². The van der Waals surface area contributed by atoms with Crippen molar-refractivity contribution in [3.8, 4) is 0 Å². The molecule has 2 aliphatic carbocycles. The van der Waals surface area contributed by atoms with Gasteiger partial charge < -0.3 is 10.5 Å². The average Bonchev–Trinajstić information content (AvgIpc) is 1.98. The second-order valence-corrected chi connectivity index (χ2v) is 4.42. The normalized spacial score (nSPS) is 60.3. The summed E-state index contributed by atoms with van der Waals surface area (Å²) in [4.78, 5) is 0. The number of hydrogen-bond donors (Lipinski definition) is 1. The molecule has 4 aliphatic rings. The molecule has 2 heterocycles. The molecule has 2 nitrogen and oxygen atoms in total. The molecule has 2 N–H and O–H groups in total. The second-order valence-electron chi connectivity index (χ2n) is 4.42. The van der Waals surface area contributed by atoms with Gasteiger partial charge in [-0.05, 0) is 37.5 Å². The lowest BCUT2D eigenvalue weighted by atomic mass is 9.64. The maximum absolute atomic E-state index is 6.11. The van der Waals surface area contributed by atoms with Gasteiger partial charge in [0, 0.05) is 6.04 Å². The standard InChI is InChI=1S/C9H15NO/c10-9-5-1-7-3-6(9)4-8(2-5)11-7/h5-9H,1-4,10H2. The molecule has 0 spiro atoms. The van der Waals surface area contributed by atoms with Crippen LogP contribution in [0.4, 0.5) is 0 Å². The van der Waals surface area contributed by atoms with Gasteiger partial charge in [0.15, 0.2) is 0 Å². The van der Waals surface area contributed by atoms with Crippen molar-refractivity contribution < 1.29 is 4.74 Å². The van der Waals surface area contributed by atoms with Gasteiger partial charge >= 0.3 is 0 Å². The van der Waals surface area contributed by atoms with Gasteiger partial charge in [0.2, 0.25) is 0 Å². The number of nitrogens with two attached hydrogens (primary N) is 1. The molecule has 2 aliphatic heterocycles. The lowest BCUT2D eigenvalue weighted by Crippen LogP contribution is -2.56. The van der Waals surface area contributed by atoms with E-state index in [1.807, 2.05) is 0 Å². The highest BCUT2D eigenvalue weighted by Gasteiger charge is 2.47. The first-order valence-corrected chi connectivity index (χ1v) is 4.74. The van der Waals surface area contributed by atoms with Gasteiger partial charge in [-0.2, -0.15) is 0 Å². The summed E-state index contributed by atoms with van der Waals surface area (Å²) < 4.78 is 5.82. The fraction of sp³-hybridized carbons (Fsp3) is 1.00. The van der Waals surface area contributed by atoms with Crippen LogP contribution in [0, 0.1) is 11.8 Å². The number of rotatable bonds is 0. The summed E-state index contributed by atoms with van der Waals surface area (Å²) in [5.41, 5.74) is 6.11. The fourth-order valence-electron chi connectivity index (χ4n) is 3.24. The molecule has 0 aromatic heterocycles. The summed E-state index contributed by atoms with van der Waals surface area (Å²) >= 11 is 0. The van der Waals surface area contributed by atoms with Crippen LogP contribution in [0.2, 0.25) is 0 Å². The van der Waals surface area contributed by atoms with Crippen molar-refractivity contribution in [1.82, 2.24) is 0 Å². The van der Waals surface area contributed by atoms with Gasteiger partial charge in [0.25, 0.3) is 0 Å². The summed E-state index contributed by atoms with van der Waals surface area (Å²) in [5.74, 6) is 1.59. The first-order chi connectivity index (χ1) is 5.33. The van der Waals surface area contributed by atoms with Crippen LogP contribution in [-0.2, 0) is 4.74 Å². The monoisotopic (exact) mass is 153 g/mol. The lowest BCUT2D eigenvalue weighted by molar-refractivity contribution is -0.162. The third kappa shape index (κ3) is 0.798. The lowest BCUT2D eigenvalue weighted by Gasteiger charge is -2.52. The van der Waals surface area contributed by atoms with Gasteiger partial charge in [-0.1, -0.05) is 0 Å². The van der Waals surface area contributed by atoms with Crippen molar-refractivity contribution >= 4 is 0 Å². The van der Waals surface area contributed by atoms with Gasteiger partial charge in [0.05, 0.1) is 12.2 Å². The topological polar surface area (TPSA) is 35.2 Å². The van der Waals surface area contributed by atoms with E-state index in [2.05, 4.69) is 0 Å². The van der Waals surface area contributed by atoms with Crippen molar-refractivity contribution in [2.75, 3.05) is 0 Å². The van der Waals surface area contributed by atoms with Gasteiger partial charge in [0.1, 0.15) is 0 Å². The third-order valence-corrected chi connectivity index (χ3v) is 3.74. The number of hydrogen-bond acceptors (Lipinski definition) is 2. The Morgan fingerprint density at radius 2 is 1.36 bits per heavy atom. The van der Waals surface area contributed by atoms with Crippen LogP contribution in [0.3, 0.4) is 0 Å². The van der Waals surface area contributed by atoms with E-state index in [9.17, 15) is 0 Å². The highest BCUT2D eigenvalue weighted by atomic mass is 16.5. The van der Waals surface area contributed by atoms with Crippen LogP contribution in [-0.4, -0.2) is 18.2 Å². The molecular weight excluding hydrogens is 138 g/mol. The Morgan fingerprint density at radius 1 is 0.909 bits per heavy atom. The smallest absolute Gasteiger partial charge is 0.0585 e. The highest BCUT2D eigenvalue weighted by Crippen LogP contribution is 2.46. The van der Waals surface area contributed by atoms with Crippen LogP contribution < -0.4 is 5.73 Å². The molecule has 0 radical (unpaired) electrons. The molecule has 4 bridgehead atoms. The predicted octanol–water partition coefficient (Wildman–Crippen LogP) is 0.901. The molecule has 2 saturated carbocycles. The van der Waals surface area contributed by atoms with Crippen LogP contribution in [0.5, 0.6) is 0 Å². The van der Waals surface area contributed by atoms with Crippen molar-refractivity contribution in [3.63, 3.8) is 0 Å². The SMILES string of the molecule is NC1C2CC3CC1CC(C2)O3. The minimum atomic E-state index is 0.506. The summed E-state index contributed by atoms with van der Waals surface area (Å²) in [6.07, 6.45) is 6.14. The Hall–Kier alpha value is -0.0800. The van der Waals surface area contributed by atoms with Gasteiger partial charge in [-0.15, -0.1) is 0 Å². The molecule has 4 rings (SSSR count). The summed E-state index contributed by atoms with van der Waals surface area (Å²) in [6, 6.07) is 0.506. The largest absolute Gasteiger partial charge is 0.375 e.